The monoisotopic (exact) mass is 538 g/mol. The van der Waals surface area contributed by atoms with E-state index in [4.69, 9.17) is 4.74 Å². The van der Waals surface area contributed by atoms with E-state index in [0.717, 1.165) is 30.7 Å². The smallest absolute Gasteiger partial charge is 0.213 e. The highest BCUT2D eigenvalue weighted by Gasteiger charge is 2.20. The number of nitrogens with one attached hydrogen (secondary N) is 2. The fourth-order valence-electron chi connectivity index (χ4n) is 2.96. The Labute approximate surface area is 192 Å². The van der Waals surface area contributed by atoms with E-state index >= 15 is 0 Å². The van der Waals surface area contributed by atoms with Gasteiger partial charge in [-0.3, -0.25) is 4.99 Å². The number of nitrogens with zero attached hydrogens (tertiary/aromatic N) is 2. The van der Waals surface area contributed by atoms with Gasteiger partial charge in [0.25, 0.3) is 0 Å². The standard InChI is InChI=1S/C20H34N4O3S.HI/c1-4-21-20(22-13-14-28(25,26)23-15-17-7-6-8-17)24(3)16-18-9-11-19(12-10-18)27-5-2;/h9-12,17,23H,4-8,13-16H2,1-3H3,(H,21,22);1H. The molecule has 9 heteroatoms. The Morgan fingerprint density at radius 2 is 1.93 bits per heavy atom. The van der Waals surface area contributed by atoms with Gasteiger partial charge in [-0.25, -0.2) is 13.1 Å². The second-order valence-corrected chi connectivity index (χ2v) is 9.06. The number of hydrogen-bond donors (Lipinski definition) is 2. The molecule has 1 fully saturated rings. The molecule has 2 rings (SSSR count). The van der Waals surface area contributed by atoms with E-state index in [0.29, 0.717) is 31.6 Å². The van der Waals surface area contributed by atoms with Crippen LogP contribution < -0.4 is 14.8 Å². The third-order valence-electron chi connectivity index (χ3n) is 4.79. The molecular weight excluding hydrogens is 503 g/mol. The van der Waals surface area contributed by atoms with Gasteiger partial charge in [0.1, 0.15) is 5.75 Å². The Bertz CT molecular complexity index is 722. The van der Waals surface area contributed by atoms with Crippen molar-refractivity contribution >= 4 is 40.0 Å². The summed E-state index contributed by atoms with van der Waals surface area (Å²) in [6.45, 7) is 6.79. The van der Waals surface area contributed by atoms with Gasteiger partial charge in [-0.1, -0.05) is 18.6 Å². The van der Waals surface area contributed by atoms with Gasteiger partial charge in [-0.2, -0.15) is 0 Å². The zero-order valence-corrected chi connectivity index (χ0v) is 20.8. The minimum Gasteiger partial charge on any atom is -0.494 e. The molecule has 1 saturated carbocycles. The molecule has 1 aromatic carbocycles. The lowest BCUT2D eigenvalue weighted by Gasteiger charge is -2.25. The molecule has 0 unspecified atom stereocenters. The van der Waals surface area contributed by atoms with Crippen molar-refractivity contribution in [2.45, 2.75) is 39.7 Å². The molecule has 0 saturated heterocycles. The van der Waals surface area contributed by atoms with Crippen LogP contribution in [0.1, 0.15) is 38.7 Å². The van der Waals surface area contributed by atoms with Crippen LogP contribution in [0.25, 0.3) is 0 Å². The summed E-state index contributed by atoms with van der Waals surface area (Å²) in [5.74, 6) is 2.07. The summed E-state index contributed by atoms with van der Waals surface area (Å²) in [6, 6.07) is 7.97. The summed E-state index contributed by atoms with van der Waals surface area (Å²) in [5.41, 5.74) is 1.13. The predicted octanol–water partition coefficient (Wildman–Crippen LogP) is 2.82. The first-order valence-corrected chi connectivity index (χ1v) is 11.8. The molecule has 0 amide bonds. The Kier molecular flexibility index (Phi) is 11.9. The number of ether oxygens (including phenoxy) is 1. The lowest BCUT2D eigenvalue weighted by molar-refractivity contribution is 0.316. The number of rotatable bonds is 11. The zero-order valence-electron chi connectivity index (χ0n) is 17.7. The highest BCUT2D eigenvalue weighted by Crippen LogP contribution is 2.25. The van der Waals surface area contributed by atoms with Crippen LogP contribution in [-0.2, 0) is 16.6 Å². The number of guanidine groups is 1. The third-order valence-corrected chi connectivity index (χ3v) is 6.12. The maximum Gasteiger partial charge on any atom is 0.213 e. The van der Waals surface area contributed by atoms with Crippen molar-refractivity contribution in [3.8, 4) is 5.75 Å². The van der Waals surface area contributed by atoms with Gasteiger partial charge in [0.15, 0.2) is 5.96 Å². The molecule has 0 atom stereocenters. The summed E-state index contributed by atoms with van der Waals surface area (Å²) >= 11 is 0. The molecule has 166 valence electrons. The first-order chi connectivity index (χ1) is 13.4. The van der Waals surface area contributed by atoms with Crippen molar-refractivity contribution in [3.05, 3.63) is 29.8 Å². The summed E-state index contributed by atoms with van der Waals surface area (Å²) in [5, 5.41) is 3.23. The topological polar surface area (TPSA) is 83.0 Å². The minimum atomic E-state index is -3.28. The maximum atomic E-state index is 12.1. The highest BCUT2D eigenvalue weighted by molar-refractivity contribution is 14.0. The van der Waals surface area contributed by atoms with E-state index in [1.807, 2.05) is 50.1 Å². The highest BCUT2D eigenvalue weighted by atomic mass is 127. The molecule has 1 aromatic rings. The molecule has 29 heavy (non-hydrogen) atoms. The minimum absolute atomic E-state index is 0. The van der Waals surface area contributed by atoms with E-state index in [1.165, 1.54) is 6.42 Å². The van der Waals surface area contributed by atoms with Gasteiger partial charge in [0.05, 0.1) is 18.9 Å². The molecule has 2 N–H and O–H groups in total. The van der Waals surface area contributed by atoms with Gasteiger partial charge >= 0.3 is 0 Å². The number of hydrogen-bond acceptors (Lipinski definition) is 4. The van der Waals surface area contributed by atoms with E-state index < -0.39 is 10.0 Å². The lowest BCUT2D eigenvalue weighted by Crippen LogP contribution is -2.39. The normalized spacial score (nSPS) is 14.7. The fourth-order valence-corrected chi connectivity index (χ4v) is 3.93. The number of sulfonamides is 1. The van der Waals surface area contributed by atoms with Crippen LogP contribution in [0.2, 0.25) is 0 Å². The second kappa shape index (κ2) is 13.3. The van der Waals surface area contributed by atoms with Crippen LogP contribution in [0.4, 0.5) is 0 Å². The van der Waals surface area contributed by atoms with E-state index in [2.05, 4.69) is 15.0 Å². The van der Waals surface area contributed by atoms with Crippen molar-refractivity contribution in [2.24, 2.45) is 10.9 Å². The molecule has 7 nitrogen and oxygen atoms in total. The van der Waals surface area contributed by atoms with Crippen molar-refractivity contribution in [1.82, 2.24) is 14.9 Å². The SMILES string of the molecule is CCNC(=NCCS(=O)(=O)NCC1CCC1)N(C)Cc1ccc(OCC)cc1.I. The first-order valence-electron chi connectivity index (χ1n) is 10.1. The van der Waals surface area contributed by atoms with Crippen LogP contribution in [0, 0.1) is 5.92 Å². The van der Waals surface area contributed by atoms with Crippen molar-refractivity contribution in [2.75, 3.05) is 39.0 Å². The first kappa shape index (κ1) is 26.0. The molecule has 0 heterocycles. The largest absolute Gasteiger partial charge is 0.494 e. The molecule has 1 aliphatic rings. The molecule has 0 bridgehead atoms. The quantitative estimate of drug-likeness (QED) is 0.257. The number of halogens is 1. The molecule has 0 radical (unpaired) electrons. The molecule has 0 aromatic heterocycles. The van der Waals surface area contributed by atoms with E-state index in [9.17, 15) is 8.42 Å². The Balaban J connectivity index is 0.00000420. The van der Waals surface area contributed by atoms with Crippen molar-refractivity contribution in [3.63, 3.8) is 0 Å². The Morgan fingerprint density at radius 3 is 2.48 bits per heavy atom. The van der Waals surface area contributed by atoms with Gasteiger partial charge in [-0.15, -0.1) is 24.0 Å². The van der Waals surface area contributed by atoms with Crippen molar-refractivity contribution < 1.29 is 13.2 Å². The van der Waals surface area contributed by atoms with Gasteiger partial charge in [0.2, 0.25) is 10.0 Å². The molecule has 0 spiro atoms. The summed E-state index contributed by atoms with van der Waals surface area (Å²) in [4.78, 5) is 6.48. The zero-order chi connectivity index (χ0) is 20.4. The lowest BCUT2D eigenvalue weighted by atomic mass is 9.86. The summed E-state index contributed by atoms with van der Waals surface area (Å²) in [6.07, 6.45) is 3.46. The average Bonchev–Trinajstić information content (AvgIpc) is 2.61. The number of benzene rings is 1. The second-order valence-electron chi connectivity index (χ2n) is 7.13. The van der Waals surface area contributed by atoms with Gasteiger partial charge in [-0.05, 0) is 50.3 Å². The summed E-state index contributed by atoms with van der Waals surface area (Å²) in [7, 11) is -1.33. The van der Waals surface area contributed by atoms with Gasteiger partial charge < -0.3 is 15.0 Å². The van der Waals surface area contributed by atoms with Crippen LogP contribution in [0.3, 0.4) is 0 Å². The summed E-state index contributed by atoms with van der Waals surface area (Å²) < 4.78 is 32.4. The third kappa shape index (κ3) is 9.52. The van der Waals surface area contributed by atoms with E-state index in [1.54, 1.807) is 0 Å². The Hall–Kier alpha value is -1.07. The fraction of sp³-hybridized carbons (Fsp3) is 0.650. The Morgan fingerprint density at radius 1 is 1.24 bits per heavy atom. The van der Waals surface area contributed by atoms with Crippen LogP contribution in [-0.4, -0.2) is 58.3 Å². The maximum absolute atomic E-state index is 12.1. The van der Waals surface area contributed by atoms with Gasteiger partial charge in [0, 0.05) is 26.7 Å². The predicted molar refractivity (Wildman–Crippen MR) is 130 cm³/mol. The molecule has 1 aliphatic carbocycles. The molecular formula is C20H35IN4O3S. The van der Waals surface area contributed by atoms with Crippen LogP contribution in [0.5, 0.6) is 5.75 Å². The van der Waals surface area contributed by atoms with Crippen LogP contribution >= 0.6 is 24.0 Å². The number of aliphatic imine (C=N–C) groups is 1. The average molecular weight is 538 g/mol. The van der Waals surface area contributed by atoms with Crippen LogP contribution in [0.15, 0.2) is 29.3 Å². The molecule has 0 aliphatic heterocycles. The van der Waals surface area contributed by atoms with Crippen molar-refractivity contribution in [1.29, 1.82) is 0 Å². The van der Waals surface area contributed by atoms with E-state index in [-0.39, 0.29) is 36.3 Å².